The molecule has 0 aliphatic heterocycles. The first kappa shape index (κ1) is 17.9. The number of hydrogen-bond donors (Lipinski definition) is 1. The van der Waals surface area contributed by atoms with Crippen LogP contribution in [0, 0.1) is 0 Å². The van der Waals surface area contributed by atoms with Crippen LogP contribution in [0.3, 0.4) is 0 Å². The van der Waals surface area contributed by atoms with Crippen LogP contribution in [0.1, 0.15) is 15.9 Å². The largest absolute Gasteiger partial charge is 0.352 e. The average Bonchev–Trinajstić information content (AvgIpc) is 3.16. The SMILES string of the molecule is CS(=O)(=O)c1ccc(C(=O)NCCc2ccc(-n3cccn3)cc2)cc1. The van der Waals surface area contributed by atoms with E-state index in [0.717, 1.165) is 17.5 Å². The van der Waals surface area contributed by atoms with Gasteiger partial charge < -0.3 is 5.32 Å². The molecule has 1 heterocycles. The van der Waals surface area contributed by atoms with Gasteiger partial charge in [0.2, 0.25) is 0 Å². The summed E-state index contributed by atoms with van der Waals surface area (Å²) in [4.78, 5) is 12.3. The van der Waals surface area contributed by atoms with E-state index in [-0.39, 0.29) is 10.8 Å². The second-order valence-corrected chi connectivity index (χ2v) is 7.94. The van der Waals surface area contributed by atoms with Gasteiger partial charge in [0.05, 0.1) is 10.6 Å². The molecular formula is C19H19N3O3S. The van der Waals surface area contributed by atoms with Gasteiger partial charge >= 0.3 is 0 Å². The lowest BCUT2D eigenvalue weighted by Gasteiger charge is -2.07. The molecule has 1 aromatic heterocycles. The monoisotopic (exact) mass is 369 g/mol. The molecule has 1 amide bonds. The fraction of sp³-hybridized carbons (Fsp3) is 0.158. The van der Waals surface area contributed by atoms with Gasteiger partial charge in [-0.15, -0.1) is 0 Å². The van der Waals surface area contributed by atoms with Crippen molar-refractivity contribution in [3.05, 3.63) is 78.1 Å². The molecule has 7 heteroatoms. The molecule has 0 bridgehead atoms. The molecule has 0 aliphatic carbocycles. The van der Waals surface area contributed by atoms with Gasteiger partial charge in [0.15, 0.2) is 9.84 Å². The number of aromatic nitrogens is 2. The summed E-state index contributed by atoms with van der Waals surface area (Å²) in [7, 11) is -3.26. The minimum Gasteiger partial charge on any atom is -0.352 e. The Bertz CT molecular complexity index is 978. The molecule has 134 valence electrons. The predicted molar refractivity (Wildman–Crippen MR) is 99.2 cm³/mol. The van der Waals surface area contributed by atoms with Crippen LogP contribution in [-0.2, 0) is 16.3 Å². The quantitative estimate of drug-likeness (QED) is 0.723. The smallest absolute Gasteiger partial charge is 0.251 e. The summed E-state index contributed by atoms with van der Waals surface area (Å²) in [6.07, 6.45) is 5.45. The average molecular weight is 369 g/mol. The second kappa shape index (κ2) is 7.53. The number of benzene rings is 2. The molecule has 6 nitrogen and oxygen atoms in total. The Kier molecular flexibility index (Phi) is 5.18. The highest BCUT2D eigenvalue weighted by Crippen LogP contribution is 2.11. The van der Waals surface area contributed by atoms with Crippen LogP contribution < -0.4 is 5.32 Å². The number of carbonyl (C=O) groups is 1. The number of sulfone groups is 1. The van der Waals surface area contributed by atoms with Crippen molar-refractivity contribution in [1.82, 2.24) is 15.1 Å². The molecule has 0 unspecified atom stereocenters. The standard InChI is InChI=1S/C19H19N3O3S/c1-26(24,25)18-9-5-16(6-10-18)19(23)20-13-11-15-3-7-17(8-4-15)22-14-2-12-21-22/h2-10,12,14H,11,13H2,1H3,(H,20,23). The van der Waals surface area contributed by atoms with Crippen LogP contribution in [0.25, 0.3) is 5.69 Å². The van der Waals surface area contributed by atoms with Gasteiger partial charge in [-0.1, -0.05) is 12.1 Å². The maximum absolute atomic E-state index is 12.1. The third-order valence-corrected chi connectivity index (χ3v) is 5.08. The van der Waals surface area contributed by atoms with Gasteiger partial charge in [-0.25, -0.2) is 13.1 Å². The lowest BCUT2D eigenvalue weighted by Crippen LogP contribution is -2.25. The molecule has 0 saturated carbocycles. The van der Waals surface area contributed by atoms with Crippen molar-refractivity contribution in [2.24, 2.45) is 0 Å². The number of rotatable bonds is 6. The van der Waals surface area contributed by atoms with Gasteiger partial charge in [0, 0.05) is 30.8 Å². The summed E-state index contributed by atoms with van der Waals surface area (Å²) in [5, 5.41) is 7.02. The van der Waals surface area contributed by atoms with E-state index in [1.807, 2.05) is 36.5 Å². The highest BCUT2D eigenvalue weighted by atomic mass is 32.2. The molecule has 0 atom stereocenters. The molecular weight excluding hydrogens is 350 g/mol. The lowest BCUT2D eigenvalue weighted by atomic mass is 10.1. The summed E-state index contributed by atoms with van der Waals surface area (Å²) in [5.74, 6) is -0.224. The summed E-state index contributed by atoms with van der Waals surface area (Å²) in [6, 6.07) is 15.8. The zero-order valence-corrected chi connectivity index (χ0v) is 15.1. The first-order valence-corrected chi connectivity index (χ1v) is 10.00. The Morgan fingerprint density at radius 2 is 1.77 bits per heavy atom. The number of hydrogen-bond acceptors (Lipinski definition) is 4. The molecule has 0 fully saturated rings. The third-order valence-electron chi connectivity index (χ3n) is 3.95. The minimum atomic E-state index is -3.26. The minimum absolute atomic E-state index is 0.200. The second-order valence-electron chi connectivity index (χ2n) is 5.92. The maximum atomic E-state index is 12.1. The van der Waals surface area contributed by atoms with Crippen LogP contribution in [0.2, 0.25) is 0 Å². The van der Waals surface area contributed by atoms with E-state index in [1.165, 1.54) is 24.3 Å². The van der Waals surface area contributed by atoms with Crippen LogP contribution in [-0.4, -0.2) is 36.9 Å². The molecule has 0 saturated heterocycles. The zero-order chi connectivity index (χ0) is 18.6. The fourth-order valence-electron chi connectivity index (χ4n) is 2.51. The molecule has 3 rings (SSSR count). The van der Waals surface area contributed by atoms with E-state index in [4.69, 9.17) is 0 Å². The van der Waals surface area contributed by atoms with E-state index < -0.39 is 9.84 Å². The Labute approximate surface area is 152 Å². The van der Waals surface area contributed by atoms with Gasteiger partial charge in [-0.3, -0.25) is 4.79 Å². The van der Waals surface area contributed by atoms with Gasteiger partial charge in [-0.2, -0.15) is 5.10 Å². The summed E-state index contributed by atoms with van der Waals surface area (Å²) < 4.78 is 24.7. The molecule has 0 aliphatic rings. The van der Waals surface area contributed by atoms with Crippen molar-refractivity contribution in [2.45, 2.75) is 11.3 Å². The summed E-state index contributed by atoms with van der Waals surface area (Å²) in [6.45, 7) is 0.494. The van der Waals surface area contributed by atoms with Crippen LogP contribution in [0.15, 0.2) is 71.9 Å². The first-order chi connectivity index (χ1) is 12.4. The summed E-state index contributed by atoms with van der Waals surface area (Å²) >= 11 is 0. The Morgan fingerprint density at radius 3 is 2.35 bits per heavy atom. The van der Waals surface area contributed by atoms with E-state index in [9.17, 15) is 13.2 Å². The molecule has 3 aromatic rings. The van der Waals surface area contributed by atoms with Crippen molar-refractivity contribution < 1.29 is 13.2 Å². The molecule has 2 aromatic carbocycles. The van der Waals surface area contributed by atoms with E-state index >= 15 is 0 Å². The van der Waals surface area contributed by atoms with Crippen molar-refractivity contribution in [1.29, 1.82) is 0 Å². The lowest BCUT2D eigenvalue weighted by molar-refractivity contribution is 0.0954. The highest BCUT2D eigenvalue weighted by molar-refractivity contribution is 7.90. The van der Waals surface area contributed by atoms with E-state index in [1.54, 1.807) is 10.9 Å². The maximum Gasteiger partial charge on any atom is 0.251 e. The Morgan fingerprint density at radius 1 is 1.08 bits per heavy atom. The normalized spacial score (nSPS) is 11.3. The number of amides is 1. The summed E-state index contributed by atoms with van der Waals surface area (Å²) in [5.41, 5.74) is 2.52. The highest BCUT2D eigenvalue weighted by Gasteiger charge is 2.09. The number of nitrogens with one attached hydrogen (secondary N) is 1. The zero-order valence-electron chi connectivity index (χ0n) is 14.3. The fourth-order valence-corrected chi connectivity index (χ4v) is 3.14. The molecule has 0 spiro atoms. The third kappa shape index (κ3) is 4.37. The van der Waals surface area contributed by atoms with Crippen LogP contribution >= 0.6 is 0 Å². The van der Waals surface area contributed by atoms with Crippen molar-refractivity contribution in [2.75, 3.05) is 12.8 Å². The van der Waals surface area contributed by atoms with Crippen LogP contribution in [0.5, 0.6) is 0 Å². The molecule has 1 N–H and O–H groups in total. The number of nitrogens with zero attached hydrogens (tertiary/aromatic N) is 2. The molecule has 26 heavy (non-hydrogen) atoms. The van der Waals surface area contributed by atoms with Gasteiger partial charge in [-0.05, 0) is 54.4 Å². The Balaban J connectivity index is 1.53. The topological polar surface area (TPSA) is 81.1 Å². The number of carbonyl (C=O) groups excluding carboxylic acids is 1. The van der Waals surface area contributed by atoms with Crippen molar-refractivity contribution in [3.63, 3.8) is 0 Å². The van der Waals surface area contributed by atoms with Crippen molar-refractivity contribution in [3.8, 4) is 5.69 Å². The van der Waals surface area contributed by atoms with Gasteiger partial charge in [0.1, 0.15) is 0 Å². The van der Waals surface area contributed by atoms with E-state index in [2.05, 4.69) is 10.4 Å². The predicted octanol–water partition coefficient (Wildman–Crippen LogP) is 2.25. The van der Waals surface area contributed by atoms with Crippen molar-refractivity contribution >= 4 is 15.7 Å². The first-order valence-electron chi connectivity index (χ1n) is 8.11. The van der Waals surface area contributed by atoms with Crippen LogP contribution in [0.4, 0.5) is 0 Å². The van der Waals surface area contributed by atoms with Gasteiger partial charge in [0.25, 0.3) is 5.91 Å². The Hall–Kier alpha value is -2.93. The molecule has 0 radical (unpaired) electrons. The van der Waals surface area contributed by atoms with E-state index in [0.29, 0.717) is 18.5 Å².